The monoisotopic (exact) mass is 127 g/mol. The number of hydrogen-bond donors (Lipinski definition) is 1. The number of hydrazone groups is 1. The number of hydrogen-bond acceptors (Lipinski definition) is 2. The van der Waals surface area contributed by atoms with Gasteiger partial charge in [0.2, 0.25) is 0 Å². The van der Waals surface area contributed by atoms with Crippen molar-refractivity contribution in [2.75, 3.05) is 7.05 Å². The van der Waals surface area contributed by atoms with E-state index in [-0.39, 0.29) is 0 Å². The third kappa shape index (κ3) is 2.85. The van der Waals surface area contributed by atoms with Gasteiger partial charge in [0.05, 0.1) is 0 Å². The zero-order valence-corrected chi connectivity index (χ0v) is 6.18. The van der Waals surface area contributed by atoms with Gasteiger partial charge in [-0.1, -0.05) is 13.8 Å². The first-order chi connectivity index (χ1) is 4.22. The lowest BCUT2D eigenvalue weighted by Crippen LogP contribution is -2.22. The van der Waals surface area contributed by atoms with E-state index >= 15 is 0 Å². The summed E-state index contributed by atoms with van der Waals surface area (Å²) in [5, 5.41) is 3.50. The third-order valence-corrected chi connectivity index (χ3v) is 0.981. The standard InChI is InChI=1S/C6H13N3/c1-5(2)6(7-3)9-8-4/h5H,4H2,1-3H3,(H,7,9). The molecule has 0 spiro atoms. The molecule has 0 amide bonds. The van der Waals surface area contributed by atoms with E-state index in [4.69, 9.17) is 0 Å². The molecule has 0 aliphatic heterocycles. The molecule has 0 rings (SSSR count). The van der Waals surface area contributed by atoms with Crippen molar-refractivity contribution >= 4 is 12.6 Å². The summed E-state index contributed by atoms with van der Waals surface area (Å²) in [4.78, 5) is 3.95. The molecular formula is C6H13N3. The molecule has 52 valence electrons. The SMILES string of the molecule is C=NN/C(=N\C)C(C)C. The molecule has 0 heterocycles. The molecule has 3 heteroatoms. The Morgan fingerprint density at radius 3 is 2.22 bits per heavy atom. The van der Waals surface area contributed by atoms with E-state index < -0.39 is 0 Å². The highest BCUT2D eigenvalue weighted by molar-refractivity contribution is 5.83. The van der Waals surface area contributed by atoms with Gasteiger partial charge in [0.1, 0.15) is 5.84 Å². The summed E-state index contributed by atoms with van der Waals surface area (Å²) in [6.45, 7) is 7.37. The number of nitrogens with one attached hydrogen (secondary N) is 1. The van der Waals surface area contributed by atoms with Gasteiger partial charge in [-0.05, 0) is 0 Å². The Morgan fingerprint density at radius 1 is 1.56 bits per heavy atom. The number of amidine groups is 1. The lowest BCUT2D eigenvalue weighted by Gasteiger charge is -2.05. The normalized spacial score (nSPS) is 11.8. The molecule has 0 unspecified atom stereocenters. The average Bonchev–Trinajstić information content (AvgIpc) is 1.82. The van der Waals surface area contributed by atoms with Crippen molar-refractivity contribution in [2.24, 2.45) is 16.0 Å². The molecule has 1 N–H and O–H groups in total. The molecule has 0 fully saturated rings. The second-order valence-corrected chi connectivity index (χ2v) is 2.03. The summed E-state index contributed by atoms with van der Waals surface area (Å²) in [6, 6.07) is 0. The van der Waals surface area contributed by atoms with Gasteiger partial charge in [0.25, 0.3) is 0 Å². The number of aliphatic imine (C=N–C) groups is 1. The minimum absolute atomic E-state index is 0.389. The second kappa shape index (κ2) is 4.06. The summed E-state index contributed by atoms with van der Waals surface area (Å²) in [7, 11) is 1.73. The quantitative estimate of drug-likeness (QED) is 0.333. The van der Waals surface area contributed by atoms with Crippen molar-refractivity contribution in [3.63, 3.8) is 0 Å². The third-order valence-electron chi connectivity index (χ3n) is 0.981. The van der Waals surface area contributed by atoms with Crippen molar-refractivity contribution in [1.29, 1.82) is 0 Å². The highest BCUT2D eigenvalue weighted by atomic mass is 15.3. The van der Waals surface area contributed by atoms with Gasteiger partial charge in [-0.25, -0.2) is 0 Å². The van der Waals surface area contributed by atoms with Crippen LogP contribution in [0.5, 0.6) is 0 Å². The molecule has 0 aliphatic rings. The fourth-order valence-electron chi connectivity index (χ4n) is 0.518. The summed E-state index contributed by atoms with van der Waals surface area (Å²) in [6.07, 6.45) is 0. The maximum atomic E-state index is 3.95. The highest BCUT2D eigenvalue weighted by Crippen LogP contribution is 1.92. The fraction of sp³-hybridized carbons (Fsp3) is 0.667. The molecule has 0 saturated carbocycles. The van der Waals surface area contributed by atoms with Gasteiger partial charge in [-0.3, -0.25) is 10.4 Å². The van der Waals surface area contributed by atoms with Gasteiger partial charge in [0.15, 0.2) is 0 Å². The summed E-state index contributed by atoms with van der Waals surface area (Å²) in [5.41, 5.74) is 2.70. The zero-order chi connectivity index (χ0) is 7.28. The van der Waals surface area contributed by atoms with Crippen LogP contribution in [0, 0.1) is 5.92 Å². The predicted molar refractivity (Wildman–Crippen MR) is 40.9 cm³/mol. The predicted octanol–water partition coefficient (Wildman–Crippen LogP) is 0.876. The lowest BCUT2D eigenvalue weighted by atomic mass is 10.2. The largest absolute Gasteiger partial charge is 0.274 e. The highest BCUT2D eigenvalue weighted by Gasteiger charge is 1.99. The van der Waals surface area contributed by atoms with Gasteiger partial charge in [-0.15, -0.1) is 0 Å². The van der Waals surface area contributed by atoms with Crippen LogP contribution < -0.4 is 5.43 Å². The first kappa shape index (κ1) is 8.14. The molecule has 0 aromatic carbocycles. The van der Waals surface area contributed by atoms with E-state index in [1.54, 1.807) is 7.05 Å². The topological polar surface area (TPSA) is 36.8 Å². The van der Waals surface area contributed by atoms with Crippen LogP contribution in [0.3, 0.4) is 0 Å². The van der Waals surface area contributed by atoms with Crippen LogP contribution in [0.1, 0.15) is 13.8 Å². The van der Waals surface area contributed by atoms with Crippen molar-refractivity contribution in [1.82, 2.24) is 5.43 Å². The molecule has 0 aromatic heterocycles. The van der Waals surface area contributed by atoms with Gasteiger partial charge in [0, 0.05) is 19.7 Å². The number of nitrogens with zero attached hydrogens (tertiary/aromatic N) is 2. The lowest BCUT2D eigenvalue weighted by molar-refractivity contribution is 0.814. The minimum atomic E-state index is 0.389. The minimum Gasteiger partial charge on any atom is -0.274 e. The van der Waals surface area contributed by atoms with Crippen molar-refractivity contribution in [3.8, 4) is 0 Å². The van der Waals surface area contributed by atoms with Crippen LogP contribution in [0.15, 0.2) is 10.1 Å². The maximum Gasteiger partial charge on any atom is 0.119 e. The second-order valence-electron chi connectivity index (χ2n) is 2.03. The van der Waals surface area contributed by atoms with Crippen molar-refractivity contribution < 1.29 is 0 Å². The molecule has 0 aromatic rings. The van der Waals surface area contributed by atoms with Crippen molar-refractivity contribution in [3.05, 3.63) is 0 Å². The van der Waals surface area contributed by atoms with Crippen LogP contribution in [-0.2, 0) is 0 Å². The molecule has 0 aliphatic carbocycles. The Balaban J connectivity index is 3.84. The fourth-order valence-corrected chi connectivity index (χ4v) is 0.518. The van der Waals surface area contributed by atoms with Crippen LogP contribution in [0.2, 0.25) is 0 Å². The molecule has 0 saturated heterocycles. The van der Waals surface area contributed by atoms with Crippen LogP contribution in [0.4, 0.5) is 0 Å². The molecular weight excluding hydrogens is 114 g/mol. The van der Waals surface area contributed by atoms with E-state index in [1.165, 1.54) is 0 Å². The Bertz CT molecular complexity index is 115. The molecule has 0 radical (unpaired) electrons. The van der Waals surface area contributed by atoms with Gasteiger partial charge >= 0.3 is 0 Å². The first-order valence-corrected chi connectivity index (χ1v) is 2.90. The zero-order valence-electron chi connectivity index (χ0n) is 6.18. The van der Waals surface area contributed by atoms with E-state index in [2.05, 4.69) is 22.2 Å². The Kier molecular flexibility index (Phi) is 3.67. The van der Waals surface area contributed by atoms with E-state index in [0.717, 1.165) is 5.84 Å². The molecule has 9 heavy (non-hydrogen) atoms. The van der Waals surface area contributed by atoms with Gasteiger partial charge in [-0.2, -0.15) is 5.10 Å². The van der Waals surface area contributed by atoms with Crippen LogP contribution in [-0.4, -0.2) is 19.6 Å². The molecule has 3 nitrogen and oxygen atoms in total. The summed E-state index contributed by atoms with van der Waals surface area (Å²) in [5.74, 6) is 1.26. The van der Waals surface area contributed by atoms with E-state index in [1.807, 2.05) is 13.8 Å². The van der Waals surface area contributed by atoms with Gasteiger partial charge < -0.3 is 0 Å². The van der Waals surface area contributed by atoms with Crippen LogP contribution in [0.25, 0.3) is 0 Å². The van der Waals surface area contributed by atoms with E-state index in [0.29, 0.717) is 5.92 Å². The summed E-state index contributed by atoms with van der Waals surface area (Å²) >= 11 is 0. The molecule has 0 bridgehead atoms. The maximum absolute atomic E-state index is 3.95. The first-order valence-electron chi connectivity index (χ1n) is 2.90. The average molecular weight is 127 g/mol. The Morgan fingerprint density at radius 2 is 2.11 bits per heavy atom. The smallest absolute Gasteiger partial charge is 0.119 e. The van der Waals surface area contributed by atoms with E-state index in [9.17, 15) is 0 Å². The Hall–Kier alpha value is -0.860. The summed E-state index contributed by atoms with van der Waals surface area (Å²) < 4.78 is 0. The molecule has 0 atom stereocenters. The van der Waals surface area contributed by atoms with Crippen molar-refractivity contribution in [2.45, 2.75) is 13.8 Å². The Labute approximate surface area is 55.9 Å². The van der Waals surface area contributed by atoms with Crippen LogP contribution >= 0.6 is 0 Å². The number of rotatable bonds is 2.